The number of carbonyl (C=O) groups excluding carboxylic acids is 1. The molecule has 1 heterocycles. The monoisotopic (exact) mass is 243 g/mol. The van der Waals surface area contributed by atoms with E-state index in [0.29, 0.717) is 19.1 Å². The summed E-state index contributed by atoms with van der Waals surface area (Å²) in [5.74, 6) is -0.842. The highest BCUT2D eigenvalue weighted by Crippen LogP contribution is 2.34. The molecule has 96 valence electrons. The maximum Gasteiger partial charge on any atom is 0.305 e. The molecule has 6 nitrogen and oxygen atoms in total. The lowest BCUT2D eigenvalue weighted by atomic mass is 10.1. The van der Waals surface area contributed by atoms with Gasteiger partial charge in [-0.1, -0.05) is 0 Å². The van der Waals surface area contributed by atoms with Crippen LogP contribution in [-0.2, 0) is 19.1 Å². The van der Waals surface area contributed by atoms with E-state index in [0.717, 1.165) is 12.8 Å². The van der Waals surface area contributed by atoms with Crippen molar-refractivity contribution in [3.8, 4) is 0 Å². The van der Waals surface area contributed by atoms with Crippen LogP contribution >= 0.6 is 0 Å². The van der Waals surface area contributed by atoms with Crippen molar-refractivity contribution in [1.29, 1.82) is 0 Å². The van der Waals surface area contributed by atoms with Gasteiger partial charge in [0, 0.05) is 6.04 Å². The molecule has 0 aromatic carbocycles. The molecule has 0 bridgehead atoms. The highest BCUT2D eigenvalue weighted by atomic mass is 16.6. The van der Waals surface area contributed by atoms with Crippen molar-refractivity contribution >= 4 is 11.9 Å². The summed E-state index contributed by atoms with van der Waals surface area (Å²) in [6, 6.07) is -0.273. The molecule has 1 aliphatic carbocycles. The van der Waals surface area contributed by atoms with Gasteiger partial charge in [-0.25, -0.2) is 0 Å². The lowest BCUT2D eigenvalue weighted by Crippen LogP contribution is -2.47. The van der Waals surface area contributed by atoms with Crippen molar-refractivity contribution in [2.24, 2.45) is 5.92 Å². The second-order valence-electron chi connectivity index (χ2n) is 4.48. The molecule has 2 fully saturated rings. The summed E-state index contributed by atoms with van der Waals surface area (Å²) in [7, 11) is 0. The first kappa shape index (κ1) is 12.3. The molecule has 0 aromatic heterocycles. The van der Waals surface area contributed by atoms with Crippen molar-refractivity contribution in [3.05, 3.63) is 0 Å². The summed E-state index contributed by atoms with van der Waals surface area (Å²) < 4.78 is 10.4. The Morgan fingerprint density at radius 3 is 2.65 bits per heavy atom. The normalized spacial score (nSPS) is 26.2. The number of carboxylic acids is 1. The zero-order valence-electron chi connectivity index (χ0n) is 9.55. The average Bonchev–Trinajstić information content (AvgIpc) is 3.12. The van der Waals surface area contributed by atoms with Crippen LogP contribution in [0, 0.1) is 5.92 Å². The third-order valence-corrected chi connectivity index (χ3v) is 3.02. The maximum atomic E-state index is 11.8. The Hall–Kier alpha value is -1.14. The predicted molar refractivity (Wildman–Crippen MR) is 57.5 cm³/mol. The summed E-state index contributed by atoms with van der Waals surface area (Å²) in [5, 5.41) is 11.5. The molecule has 0 radical (unpaired) electrons. The van der Waals surface area contributed by atoms with Crippen LogP contribution in [0.3, 0.4) is 0 Å². The van der Waals surface area contributed by atoms with Gasteiger partial charge in [0.15, 0.2) is 6.10 Å². The highest BCUT2D eigenvalue weighted by molar-refractivity contribution is 5.82. The number of amides is 1. The quantitative estimate of drug-likeness (QED) is 0.696. The molecule has 6 heteroatoms. The Kier molecular flexibility index (Phi) is 3.96. The van der Waals surface area contributed by atoms with Crippen molar-refractivity contribution in [3.63, 3.8) is 0 Å². The van der Waals surface area contributed by atoms with Gasteiger partial charge in [0.25, 0.3) is 5.91 Å². The molecule has 0 aromatic rings. The Labute approximate surface area is 99.3 Å². The largest absolute Gasteiger partial charge is 0.481 e. The zero-order chi connectivity index (χ0) is 12.3. The van der Waals surface area contributed by atoms with Crippen LogP contribution in [0.25, 0.3) is 0 Å². The summed E-state index contributed by atoms with van der Waals surface area (Å²) in [6.45, 7) is 1.16. The van der Waals surface area contributed by atoms with E-state index < -0.39 is 12.1 Å². The minimum absolute atomic E-state index is 0.0238. The topological polar surface area (TPSA) is 84.9 Å². The molecule has 2 aliphatic rings. The van der Waals surface area contributed by atoms with Gasteiger partial charge >= 0.3 is 5.97 Å². The zero-order valence-corrected chi connectivity index (χ0v) is 9.55. The van der Waals surface area contributed by atoms with E-state index in [9.17, 15) is 9.59 Å². The first-order chi connectivity index (χ1) is 8.16. The second kappa shape index (κ2) is 5.46. The van der Waals surface area contributed by atoms with Crippen molar-refractivity contribution in [2.45, 2.75) is 31.4 Å². The van der Waals surface area contributed by atoms with Crippen LogP contribution in [0.2, 0.25) is 0 Å². The molecular formula is C11H17NO5. The summed E-state index contributed by atoms with van der Waals surface area (Å²) in [5.41, 5.74) is 0. The number of hydrogen-bond acceptors (Lipinski definition) is 4. The maximum absolute atomic E-state index is 11.8. The number of carbonyl (C=O) groups is 2. The van der Waals surface area contributed by atoms with Gasteiger partial charge in [-0.3, -0.25) is 9.59 Å². The van der Waals surface area contributed by atoms with E-state index in [1.54, 1.807) is 0 Å². The van der Waals surface area contributed by atoms with Crippen LogP contribution in [0.4, 0.5) is 0 Å². The number of rotatable bonds is 5. The van der Waals surface area contributed by atoms with Gasteiger partial charge in [-0.05, 0) is 18.8 Å². The summed E-state index contributed by atoms with van der Waals surface area (Å²) >= 11 is 0. The van der Waals surface area contributed by atoms with E-state index >= 15 is 0 Å². The first-order valence-corrected chi connectivity index (χ1v) is 5.88. The second-order valence-corrected chi connectivity index (χ2v) is 4.48. The van der Waals surface area contributed by atoms with E-state index in [1.165, 1.54) is 0 Å². The SMILES string of the molecule is O=C(O)CC(NC(=O)C1COCCO1)C1CC1. The fraction of sp³-hybridized carbons (Fsp3) is 0.818. The fourth-order valence-electron chi connectivity index (χ4n) is 1.94. The number of carboxylic acid groups (broad SMARTS) is 1. The predicted octanol–water partition coefficient (Wildman–Crippen LogP) is -0.229. The Balaban J connectivity index is 1.83. The summed E-state index contributed by atoms with van der Waals surface area (Å²) in [4.78, 5) is 22.5. The van der Waals surface area contributed by atoms with Gasteiger partial charge < -0.3 is 19.9 Å². The summed E-state index contributed by atoms with van der Waals surface area (Å²) in [6.07, 6.45) is 1.35. The molecular weight excluding hydrogens is 226 g/mol. The fourth-order valence-corrected chi connectivity index (χ4v) is 1.94. The average molecular weight is 243 g/mol. The van der Waals surface area contributed by atoms with Gasteiger partial charge in [-0.2, -0.15) is 0 Å². The third-order valence-electron chi connectivity index (χ3n) is 3.02. The first-order valence-electron chi connectivity index (χ1n) is 5.88. The van der Waals surface area contributed by atoms with E-state index in [1.807, 2.05) is 0 Å². The van der Waals surface area contributed by atoms with Gasteiger partial charge in [0.05, 0.1) is 26.2 Å². The molecule has 17 heavy (non-hydrogen) atoms. The van der Waals surface area contributed by atoms with Crippen molar-refractivity contribution in [1.82, 2.24) is 5.32 Å². The van der Waals surface area contributed by atoms with Crippen LogP contribution in [-0.4, -0.2) is 48.9 Å². The van der Waals surface area contributed by atoms with Crippen molar-refractivity contribution < 1.29 is 24.2 Å². The molecule has 2 rings (SSSR count). The number of nitrogens with one attached hydrogen (secondary N) is 1. The third kappa shape index (κ3) is 3.67. The van der Waals surface area contributed by atoms with Crippen LogP contribution < -0.4 is 5.32 Å². The molecule has 1 saturated carbocycles. The lowest BCUT2D eigenvalue weighted by Gasteiger charge is -2.24. The number of hydrogen-bond donors (Lipinski definition) is 2. The standard InChI is InChI=1S/C11H17NO5/c13-10(14)5-8(7-1-2-7)12-11(15)9-6-16-3-4-17-9/h7-9H,1-6H2,(H,12,15)(H,13,14). The highest BCUT2D eigenvalue weighted by Gasteiger charge is 2.35. The molecule has 2 N–H and O–H groups in total. The Morgan fingerprint density at radius 2 is 2.12 bits per heavy atom. The van der Waals surface area contributed by atoms with Crippen LogP contribution in [0.15, 0.2) is 0 Å². The minimum Gasteiger partial charge on any atom is -0.481 e. The number of aliphatic carboxylic acids is 1. The van der Waals surface area contributed by atoms with E-state index in [-0.39, 0.29) is 25.0 Å². The lowest BCUT2D eigenvalue weighted by molar-refractivity contribution is -0.148. The molecule has 1 amide bonds. The van der Waals surface area contributed by atoms with Crippen LogP contribution in [0.1, 0.15) is 19.3 Å². The van der Waals surface area contributed by atoms with E-state index in [4.69, 9.17) is 14.6 Å². The molecule has 1 saturated heterocycles. The Bertz CT molecular complexity index is 296. The van der Waals surface area contributed by atoms with E-state index in [2.05, 4.69) is 5.32 Å². The number of ether oxygens (including phenoxy) is 2. The van der Waals surface area contributed by atoms with Crippen LogP contribution in [0.5, 0.6) is 0 Å². The molecule has 2 atom stereocenters. The molecule has 2 unspecified atom stereocenters. The van der Waals surface area contributed by atoms with Gasteiger partial charge in [0.2, 0.25) is 0 Å². The van der Waals surface area contributed by atoms with Gasteiger partial charge in [0.1, 0.15) is 0 Å². The molecule has 0 spiro atoms. The molecule has 1 aliphatic heterocycles. The Morgan fingerprint density at radius 1 is 1.35 bits per heavy atom. The van der Waals surface area contributed by atoms with Crippen molar-refractivity contribution in [2.75, 3.05) is 19.8 Å². The van der Waals surface area contributed by atoms with Gasteiger partial charge in [-0.15, -0.1) is 0 Å². The smallest absolute Gasteiger partial charge is 0.305 e. The minimum atomic E-state index is -0.886.